The van der Waals surface area contributed by atoms with Gasteiger partial charge in [0.05, 0.1) is 19.9 Å². The summed E-state index contributed by atoms with van der Waals surface area (Å²) in [7, 11) is 3.17. The molecule has 0 unspecified atom stereocenters. The monoisotopic (exact) mass is 338 g/mol. The minimum Gasteiger partial charge on any atom is -0.497 e. The van der Waals surface area contributed by atoms with E-state index in [1.54, 1.807) is 32.4 Å². The number of methoxy groups -OCH3 is 2. The molecule has 0 aliphatic carbocycles. The summed E-state index contributed by atoms with van der Waals surface area (Å²) in [6, 6.07) is 13.5. The molecule has 0 bridgehead atoms. The molecule has 5 nitrogen and oxygen atoms in total. The smallest absolute Gasteiger partial charge is 0.224 e. The molecule has 0 saturated heterocycles. The topological polar surface area (TPSA) is 63.4 Å². The molecule has 1 aromatic heterocycles. The molecule has 0 aliphatic rings. The SMILES string of the molecule is COc1ccc(OC)c(NC(=O)CCc2c(C)[nH]c3ccccc23)c1. The predicted octanol–water partition coefficient (Wildman–Crippen LogP) is 4.06. The Labute approximate surface area is 147 Å². The number of hydrogen-bond donors (Lipinski definition) is 2. The fourth-order valence-corrected chi connectivity index (χ4v) is 3.02. The second kappa shape index (κ2) is 7.30. The lowest BCUT2D eigenvalue weighted by atomic mass is 10.1. The Bertz CT molecular complexity index is 899. The van der Waals surface area contributed by atoms with Gasteiger partial charge in [0.1, 0.15) is 11.5 Å². The van der Waals surface area contributed by atoms with Gasteiger partial charge in [-0.1, -0.05) is 18.2 Å². The van der Waals surface area contributed by atoms with Crippen LogP contribution in [0.3, 0.4) is 0 Å². The normalized spacial score (nSPS) is 10.7. The van der Waals surface area contributed by atoms with Gasteiger partial charge in [-0.05, 0) is 37.1 Å². The number of ether oxygens (including phenoxy) is 2. The van der Waals surface area contributed by atoms with E-state index >= 15 is 0 Å². The van der Waals surface area contributed by atoms with E-state index in [1.165, 1.54) is 10.9 Å². The second-order valence-electron chi connectivity index (χ2n) is 5.89. The van der Waals surface area contributed by atoms with Gasteiger partial charge in [-0.25, -0.2) is 0 Å². The molecule has 0 fully saturated rings. The summed E-state index contributed by atoms with van der Waals surface area (Å²) in [5.74, 6) is 1.22. The third kappa shape index (κ3) is 3.60. The first-order valence-corrected chi connectivity index (χ1v) is 8.20. The van der Waals surface area contributed by atoms with Crippen molar-refractivity contribution in [2.75, 3.05) is 19.5 Å². The molecule has 0 saturated carbocycles. The van der Waals surface area contributed by atoms with Gasteiger partial charge in [-0.15, -0.1) is 0 Å². The van der Waals surface area contributed by atoms with Gasteiger partial charge in [0.25, 0.3) is 0 Å². The van der Waals surface area contributed by atoms with Crippen molar-refractivity contribution in [3.05, 3.63) is 53.7 Å². The molecule has 25 heavy (non-hydrogen) atoms. The van der Waals surface area contributed by atoms with Crippen molar-refractivity contribution in [1.82, 2.24) is 4.98 Å². The zero-order valence-electron chi connectivity index (χ0n) is 14.7. The van der Waals surface area contributed by atoms with Crippen molar-refractivity contribution >= 4 is 22.5 Å². The van der Waals surface area contributed by atoms with E-state index in [4.69, 9.17) is 9.47 Å². The number of carbonyl (C=O) groups is 1. The summed E-state index contributed by atoms with van der Waals surface area (Å²) >= 11 is 0. The van der Waals surface area contributed by atoms with E-state index in [2.05, 4.69) is 16.4 Å². The number of fused-ring (bicyclic) bond motifs is 1. The zero-order chi connectivity index (χ0) is 17.8. The number of aromatic amines is 1. The number of aryl methyl sites for hydroxylation is 2. The number of anilines is 1. The van der Waals surface area contributed by atoms with Crippen LogP contribution in [0.2, 0.25) is 0 Å². The van der Waals surface area contributed by atoms with E-state index in [1.807, 2.05) is 25.1 Å². The Morgan fingerprint density at radius 2 is 1.92 bits per heavy atom. The molecule has 2 aromatic carbocycles. The Kier molecular flexibility index (Phi) is 4.93. The van der Waals surface area contributed by atoms with Crippen molar-refractivity contribution in [1.29, 1.82) is 0 Å². The summed E-state index contributed by atoms with van der Waals surface area (Å²) in [6.07, 6.45) is 1.07. The van der Waals surface area contributed by atoms with Crippen molar-refractivity contribution in [3.63, 3.8) is 0 Å². The Hall–Kier alpha value is -2.95. The second-order valence-corrected chi connectivity index (χ2v) is 5.89. The molecule has 0 atom stereocenters. The van der Waals surface area contributed by atoms with Crippen molar-refractivity contribution in [2.24, 2.45) is 0 Å². The Balaban J connectivity index is 1.72. The zero-order valence-corrected chi connectivity index (χ0v) is 14.7. The minimum absolute atomic E-state index is 0.0590. The largest absolute Gasteiger partial charge is 0.497 e. The minimum atomic E-state index is -0.0590. The van der Waals surface area contributed by atoms with Crippen LogP contribution in [0.15, 0.2) is 42.5 Å². The van der Waals surface area contributed by atoms with Crippen LogP contribution in [0.5, 0.6) is 11.5 Å². The van der Waals surface area contributed by atoms with E-state index in [0.717, 1.165) is 11.2 Å². The van der Waals surface area contributed by atoms with Crippen molar-refractivity contribution in [2.45, 2.75) is 19.8 Å². The van der Waals surface area contributed by atoms with E-state index in [9.17, 15) is 4.79 Å². The van der Waals surface area contributed by atoms with E-state index in [0.29, 0.717) is 30.0 Å². The lowest BCUT2D eigenvalue weighted by Crippen LogP contribution is -2.13. The van der Waals surface area contributed by atoms with Crippen LogP contribution in [0.4, 0.5) is 5.69 Å². The number of nitrogens with one attached hydrogen (secondary N) is 2. The molecular weight excluding hydrogens is 316 g/mol. The molecule has 130 valence electrons. The summed E-state index contributed by atoms with van der Waals surface area (Å²) in [5, 5.41) is 4.08. The van der Waals surface area contributed by atoms with Crippen LogP contribution in [-0.4, -0.2) is 25.1 Å². The first-order valence-electron chi connectivity index (χ1n) is 8.20. The summed E-state index contributed by atoms with van der Waals surface area (Å²) < 4.78 is 10.5. The van der Waals surface area contributed by atoms with Gasteiger partial charge in [0, 0.05) is 29.1 Å². The molecule has 1 heterocycles. The number of carbonyl (C=O) groups excluding carboxylic acids is 1. The molecule has 2 N–H and O–H groups in total. The summed E-state index contributed by atoms with van der Waals surface area (Å²) in [6.45, 7) is 2.04. The van der Waals surface area contributed by atoms with Crippen LogP contribution < -0.4 is 14.8 Å². The standard InChI is InChI=1S/C20H22N2O3/c1-13-15(16-6-4-5-7-17(16)21-13)9-11-20(23)22-18-12-14(24-2)8-10-19(18)25-3/h4-8,10,12,21H,9,11H2,1-3H3,(H,22,23). The fraction of sp³-hybridized carbons (Fsp3) is 0.250. The fourth-order valence-electron chi connectivity index (χ4n) is 3.02. The number of hydrogen-bond acceptors (Lipinski definition) is 3. The molecule has 0 spiro atoms. The van der Waals surface area contributed by atoms with Gasteiger partial charge in [0.15, 0.2) is 0 Å². The van der Waals surface area contributed by atoms with Crippen molar-refractivity contribution in [3.8, 4) is 11.5 Å². The van der Waals surface area contributed by atoms with Crippen LogP contribution in [0.25, 0.3) is 10.9 Å². The molecule has 0 radical (unpaired) electrons. The third-order valence-electron chi connectivity index (χ3n) is 4.31. The summed E-state index contributed by atoms with van der Waals surface area (Å²) in [4.78, 5) is 15.8. The number of H-pyrrole nitrogens is 1. The predicted molar refractivity (Wildman–Crippen MR) is 99.5 cm³/mol. The molecule has 0 aliphatic heterocycles. The molecular formula is C20H22N2O3. The van der Waals surface area contributed by atoms with Crippen LogP contribution >= 0.6 is 0 Å². The third-order valence-corrected chi connectivity index (χ3v) is 4.31. The number of amides is 1. The van der Waals surface area contributed by atoms with Crippen molar-refractivity contribution < 1.29 is 14.3 Å². The Morgan fingerprint density at radius 1 is 1.12 bits per heavy atom. The maximum atomic E-state index is 12.4. The number of aromatic nitrogens is 1. The lowest BCUT2D eigenvalue weighted by Gasteiger charge is -2.11. The first kappa shape index (κ1) is 16.9. The molecule has 3 aromatic rings. The lowest BCUT2D eigenvalue weighted by molar-refractivity contribution is -0.116. The van der Waals surface area contributed by atoms with Gasteiger partial charge in [-0.3, -0.25) is 4.79 Å². The first-order chi connectivity index (χ1) is 12.1. The average molecular weight is 338 g/mol. The maximum absolute atomic E-state index is 12.4. The Morgan fingerprint density at radius 3 is 2.68 bits per heavy atom. The van der Waals surface area contributed by atoms with Gasteiger partial charge in [0.2, 0.25) is 5.91 Å². The number of benzene rings is 2. The van der Waals surface area contributed by atoms with Crippen LogP contribution in [0.1, 0.15) is 17.7 Å². The van der Waals surface area contributed by atoms with Crippen LogP contribution in [0, 0.1) is 6.92 Å². The number of para-hydroxylation sites is 1. The highest BCUT2D eigenvalue weighted by Crippen LogP contribution is 2.29. The number of rotatable bonds is 6. The summed E-state index contributed by atoms with van der Waals surface area (Å²) in [5.41, 5.74) is 4.00. The van der Waals surface area contributed by atoms with E-state index in [-0.39, 0.29) is 5.91 Å². The average Bonchev–Trinajstić information content (AvgIpc) is 2.95. The molecule has 3 rings (SSSR count). The van der Waals surface area contributed by atoms with Gasteiger partial charge in [-0.2, -0.15) is 0 Å². The highest BCUT2D eigenvalue weighted by atomic mass is 16.5. The molecule has 1 amide bonds. The van der Waals surface area contributed by atoms with E-state index < -0.39 is 0 Å². The highest BCUT2D eigenvalue weighted by Gasteiger charge is 2.12. The van der Waals surface area contributed by atoms with Gasteiger partial charge < -0.3 is 19.8 Å². The van der Waals surface area contributed by atoms with Crippen LogP contribution in [-0.2, 0) is 11.2 Å². The maximum Gasteiger partial charge on any atom is 0.224 e. The highest BCUT2D eigenvalue weighted by molar-refractivity contribution is 5.93. The van der Waals surface area contributed by atoms with Gasteiger partial charge >= 0.3 is 0 Å². The molecule has 5 heteroatoms. The quantitative estimate of drug-likeness (QED) is 0.712.